The monoisotopic (exact) mass is 262 g/mol. The van der Waals surface area contributed by atoms with Crippen molar-refractivity contribution in [2.24, 2.45) is 5.92 Å². The van der Waals surface area contributed by atoms with Gasteiger partial charge in [-0.3, -0.25) is 4.79 Å². The van der Waals surface area contributed by atoms with E-state index in [1.165, 1.54) is 12.8 Å². The van der Waals surface area contributed by atoms with E-state index in [1.54, 1.807) is 6.92 Å². The number of amides is 1. The zero-order chi connectivity index (χ0) is 12.9. The molecular weight excluding hydrogens is 240 g/mol. The number of carbonyl (C=O) groups excluding carboxylic acids is 1. The Morgan fingerprint density at radius 1 is 1.41 bits per heavy atom. The van der Waals surface area contributed by atoms with Crippen LogP contribution in [0.1, 0.15) is 26.7 Å². The highest BCUT2D eigenvalue weighted by atomic mass is 32.2. The van der Waals surface area contributed by atoms with Crippen molar-refractivity contribution in [3.05, 3.63) is 0 Å². The van der Waals surface area contributed by atoms with Gasteiger partial charge in [-0.05, 0) is 32.6 Å². The molecule has 0 spiro atoms. The number of nitrogens with one attached hydrogen (secondary N) is 2. The molecule has 1 aliphatic rings. The second-order valence-electron chi connectivity index (χ2n) is 4.63. The molecule has 17 heavy (non-hydrogen) atoms. The summed E-state index contributed by atoms with van der Waals surface area (Å²) in [5, 5.41) is 5.69. The fourth-order valence-corrected chi connectivity index (χ4v) is 2.80. The highest BCUT2D eigenvalue weighted by Crippen LogP contribution is 2.32. The van der Waals surface area contributed by atoms with E-state index in [2.05, 4.69) is 17.6 Å². The van der Waals surface area contributed by atoms with Crippen molar-refractivity contribution in [1.82, 2.24) is 10.6 Å². The van der Waals surface area contributed by atoms with Gasteiger partial charge in [-0.1, -0.05) is 0 Å². The first-order valence-corrected chi connectivity index (χ1v) is 7.97. The molecule has 1 atom stereocenters. The summed E-state index contributed by atoms with van der Waals surface area (Å²) in [6, 6.07) is 0.384. The van der Waals surface area contributed by atoms with Crippen LogP contribution in [-0.2, 0) is 14.6 Å². The molecule has 0 radical (unpaired) electrons. The van der Waals surface area contributed by atoms with Crippen LogP contribution in [0.3, 0.4) is 0 Å². The summed E-state index contributed by atoms with van der Waals surface area (Å²) in [5.41, 5.74) is 0. The van der Waals surface area contributed by atoms with Crippen molar-refractivity contribution < 1.29 is 13.2 Å². The Labute approximate surface area is 103 Å². The SMILES string of the molecule is CCNC(=O)CS(=O)(=O)CCNC(C)C1CC1. The number of rotatable bonds is 8. The van der Waals surface area contributed by atoms with Crippen LogP contribution in [-0.4, -0.2) is 45.0 Å². The van der Waals surface area contributed by atoms with E-state index < -0.39 is 21.5 Å². The second-order valence-corrected chi connectivity index (χ2v) is 6.81. The lowest BCUT2D eigenvalue weighted by Crippen LogP contribution is -2.36. The highest BCUT2D eigenvalue weighted by Gasteiger charge is 2.27. The second kappa shape index (κ2) is 6.35. The third-order valence-corrected chi connectivity index (χ3v) is 4.46. The van der Waals surface area contributed by atoms with E-state index in [-0.39, 0.29) is 5.75 Å². The number of hydrogen-bond acceptors (Lipinski definition) is 4. The minimum Gasteiger partial charge on any atom is -0.356 e. The maximum absolute atomic E-state index is 11.6. The summed E-state index contributed by atoms with van der Waals surface area (Å²) in [6.07, 6.45) is 2.47. The van der Waals surface area contributed by atoms with Crippen LogP contribution in [0, 0.1) is 5.92 Å². The van der Waals surface area contributed by atoms with Gasteiger partial charge < -0.3 is 10.6 Å². The minimum absolute atomic E-state index is 0.0290. The van der Waals surface area contributed by atoms with Gasteiger partial charge in [-0.2, -0.15) is 0 Å². The Morgan fingerprint density at radius 3 is 2.59 bits per heavy atom. The van der Waals surface area contributed by atoms with Gasteiger partial charge in [-0.15, -0.1) is 0 Å². The van der Waals surface area contributed by atoms with Gasteiger partial charge in [0, 0.05) is 19.1 Å². The number of sulfone groups is 1. The van der Waals surface area contributed by atoms with E-state index in [0.717, 1.165) is 0 Å². The van der Waals surface area contributed by atoms with Gasteiger partial charge >= 0.3 is 0 Å². The fourth-order valence-electron chi connectivity index (χ4n) is 1.73. The molecule has 1 saturated carbocycles. The van der Waals surface area contributed by atoms with Crippen LogP contribution < -0.4 is 10.6 Å². The Hall–Kier alpha value is -0.620. The van der Waals surface area contributed by atoms with Crippen LogP contribution in [0.4, 0.5) is 0 Å². The lowest BCUT2D eigenvalue weighted by Gasteiger charge is -2.12. The number of hydrogen-bond donors (Lipinski definition) is 2. The molecule has 0 saturated heterocycles. The standard InChI is InChI=1S/C11H22N2O3S/c1-3-12-11(14)8-17(15,16)7-6-13-9(2)10-4-5-10/h9-10,13H,3-8H2,1-2H3,(H,12,14). The Morgan fingerprint density at radius 2 is 2.06 bits per heavy atom. The smallest absolute Gasteiger partial charge is 0.235 e. The van der Waals surface area contributed by atoms with Crippen molar-refractivity contribution in [2.45, 2.75) is 32.7 Å². The van der Waals surface area contributed by atoms with E-state index in [4.69, 9.17) is 0 Å². The maximum atomic E-state index is 11.6. The van der Waals surface area contributed by atoms with Gasteiger partial charge in [0.15, 0.2) is 9.84 Å². The number of carbonyl (C=O) groups is 1. The summed E-state index contributed by atoms with van der Waals surface area (Å²) in [4.78, 5) is 11.2. The van der Waals surface area contributed by atoms with Gasteiger partial charge in [0.05, 0.1) is 5.75 Å². The molecule has 100 valence electrons. The third kappa shape index (κ3) is 6.02. The van der Waals surface area contributed by atoms with Crippen LogP contribution in [0.25, 0.3) is 0 Å². The summed E-state index contributed by atoms with van der Waals surface area (Å²) >= 11 is 0. The molecule has 1 amide bonds. The Kier molecular flexibility index (Phi) is 5.39. The van der Waals surface area contributed by atoms with Crippen LogP contribution in [0.5, 0.6) is 0 Å². The molecule has 5 nitrogen and oxygen atoms in total. The van der Waals surface area contributed by atoms with Crippen molar-refractivity contribution >= 4 is 15.7 Å². The topological polar surface area (TPSA) is 75.3 Å². The van der Waals surface area contributed by atoms with E-state index in [9.17, 15) is 13.2 Å². The van der Waals surface area contributed by atoms with E-state index in [1.807, 2.05) is 0 Å². The van der Waals surface area contributed by atoms with Crippen LogP contribution in [0.15, 0.2) is 0 Å². The third-order valence-electron chi connectivity index (χ3n) is 2.93. The molecule has 1 fully saturated rings. The molecule has 0 aromatic heterocycles. The first-order chi connectivity index (χ1) is 7.94. The van der Waals surface area contributed by atoms with Crippen molar-refractivity contribution in [3.8, 4) is 0 Å². The normalized spacial score (nSPS) is 17.8. The molecular formula is C11H22N2O3S. The first-order valence-electron chi connectivity index (χ1n) is 6.15. The predicted molar refractivity (Wildman–Crippen MR) is 67.5 cm³/mol. The molecule has 1 aliphatic carbocycles. The average Bonchev–Trinajstić information content (AvgIpc) is 2.99. The lowest BCUT2D eigenvalue weighted by atomic mass is 10.2. The first kappa shape index (κ1) is 14.4. The quantitative estimate of drug-likeness (QED) is 0.642. The molecule has 0 aromatic rings. The van der Waals surface area contributed by atoms with E-state index >= 15 is 0 Å². The molecule has 0 bridgehead atoms. The zero-order valence-corrected chi connectivity index (χ0v) is 11.3. The summed E-state index contributed by atoms with van der Waals surface area (Å²) in [5.74, 6) is -0.0783. The molecule has 0 heterocycles. The molecule has 6 heteroatoms. The Balaban J connectivity index is 2.21. The summed E-state index contributed by atoms with van der Waals surface area (Å²) in [7, 11) is -3.28. The zero-order valence-electron chi connectivity index (χ0n) is 10.5. The fraction of sp³-hybridized carbons (Fsp3) is 0.909. The van der Waals surface area contributed by atoms with Crippen LogP contribution >= 0.6 is 0 Å². The van der Waals surface area contributed by atoms with Crippen molar-refractivity contribution in [2.75, 3.05) is 24.6 Å². The lowest BCUT2D eigenvalue weighted by molar-refractivity contribution is -0.118. The van der Waals surface area contributed by atoms with Crippen molar-refractivity contribution in [3.63, 3.8) is 0 Å². The van der Waals surface area contributed by atoms with E-state index in [0.29, 0.717) is 25.0 Å². The summed E-state index contributed by atoms with van der Waals surface area (Å²) in [6.45, 7) is 4.74. The predicted octanol–water partition coefficient (Wildman–Crippen LogP) is -0.0746. The largest absolute Gasteiger partial charge is 0.356 e. The van der Waals surface area contributed by atoms with Gasteiger partial charge in [0.1, 0.15) is 5.75 Å². The summed E-state index contributed by atoms with van der Waals surface area (Å²) < 4.78 is 23.2. The molecule has 0 aliphatic heterocycles. The highest BCUT2D eigenvalue weighted by molar-refractivity contribution is 7.92. The molecule has 0 aromatic carbocycles. The van der Waals surface area contributed by atoms with Crippen molar-refractivity contribution in [1.29, 1.82) is 0 Å². The van der Waals surface area contributed by atoms with Gasteiger partial charge in [0.25, 0.3) is 0 Å². The Bertz CT molecular complexity index is 350. The van der Waals surface area contributed by atoms with Gasteiger partial charge in [0.2, 0.25) is 5.91 Å². The van der Waals surface area contributed by atoms with Gasteiger partial charge in [-0.25, -0.2) is 8.42 Å². The minimum atomic E-state index is -3.28. The van der Waals surface area contributed by atoms with Crippen LogP contribution in [0.2, 0.25) is 0 Å². The average molecular weight is 262 g/mol. The maximum Gasteiger partial charge on any atom is 0.235 e. The molecule has 2 N–H and O–H groups in total. The molecule has 1 rings (SSSR count). The molecule has 1 unspecified atom stereocenters.